The summed E-state index contributed by atoms with van der Waals surface area (Å²) in [5, 5.41) is 3.33. The van der Waals surface area contributed by atoms with Crippen molar-refractivity contribution in [2.75, 3.05) is 19.0 Å². The van der Waals surface area contributed by atoms with Crippen LogP contribution < -0.4 is 10.1 Å². The van der Waals surface area contributed by atoms with Crippen molar-refractivity contribution in [1.29, 1.82) is 0 Å². The molecule has 1 aliphatic heterocycles. The van der Waals surface area contributed by atoms with Crippen LogP contribution in [0.5, 0.6) is 5.75 Å². The Hall–Kier alpha value is -1.51. The Morgan fingerprint density at radius 3 is 2.93 bits per heavy atom. The summed E-state index contributed by atoms with van der Waals surface area (Å²) >= 11 is 0. The molecular formula is C12H16N2O. The van der Waals surface area contributed by atoms with Crippen molar-refractivity contribution in [3.8, 4) is 5.75 Å². The number of amidine groups is 1. The predicted octanol–water partition coefficient (Wildman–Crippen LogP) is 2.61. The summed E-state index contributed by atoms with van der Waals surface area (Å²) in [4.78, 5) is 4.39. The minimum absolute atomic E-state index is 0.871. The molecule has 0 unspecified atom stereocenters. The average molecular weight is 204 g/mol. The van der Waals surface area contributed by atoms with E-state index in [4.69, 9.17) is 4.74 Å². The van der Waals surface area contributed by atoms with Crippen LogP contribution in [0.25, 0.3) is 0 Å². The van der Waals surface area contributed by atoms with Gasteiger partial charge in [-0.1, -0.05) is 6.07 Å². The number of nitrogens with zero attached hydrogens (tertiary/aromatic N) is 1. The second-order valence-electron chi connectivity index (χ2n) is 3.76. The number of aliphatic imine (C=N–C) groups is 1. The number of aryl methyl sites for hydroxylation is 1. The molecule has 1 aliphatic rings. The summed E-state index contributed by atoms with van der Waals surface area (Å²) in [6.07, 6.45) is 2.19. The SMILES string of the molecule is COc1ccc(C)cc1NC1=NCCC1. The fraction of sp³-hybridized carbons (Fsp3) is 0.417. The Morgan fingerprint density at radius 1 is 1.40 bits per heavy atom. The van der Waals surface area contributed by atoms with Gasteiger partial charge in [-0.25, -0.2) is 0 Å². The number of rotatable bonds is 2. The van der Waals surface area contributed by atoms with Gasteiger partial charge in [0.2, 0.25) is 0 Å². The van der Waals surface area contributed by atoms with Crippen LogP contribution in [0.4, 0.5) is 5.69 Å². The minimum Gasteiger partial charge on any atom is -0.495 e. The van der Waals surface area contributed by atoms with Crippen LogP contribution in [0.1, 0.15) is 18.4 Å². The Morgan fingerprint density at radius 2 is 2.27 bits per heavy atom. The van der Waals surface area contributed by atoms with Crippen LogP contribution in [0.2, 0.25) is 0 Å². The molecule has 0 spiro atoms. The smallest absolute Gasteiger partial charge is 0.142 e. The molecule has 1 aromatic rings. The zero-order valence-electron chi connectivity index (χ0n) is 9.21. The summed E-state index contributed by atoms with van der Waals surface area (Å²) in [6.45, 7) is 3.01. The van der Waals surface area contributed by atoms with E-state index in [2.05, 4.69) is 23.3 Å². The van der Waals surface area contributed by atoms with Crippen LogP contribution >= 0.6 is 0 Å². The molecule has 0 radical (unpaired) electrons. The maximum absolute atomic E-state index is 5.29. The number of hydrogen-bond donors (Lipinski definition) is 1. The third-order valence-corrected chi connectivity index (χ3v) is 2.51. The minimum atomic E-state index is 0.871. The number of benzene rings is 1. The molecule has 15 heavy (non-hydrogen) atoms. The zero-order chi connectivity index (χ0) is 10.7. The second-order valence-corrected chi connectivity index (χ2v) is 3.76. The van der Waals surface area contributed by atoms with Crippen LogP contribution in [0.15, 0.2) is 23.2 Å². The van der Waals surface area contributed by atoms with E-state index in [0.717, 1.165) is 36.7 Å². The van der Waals surface area contributed by atoms with Crippen molar-refractivity contribution in [2.45, 2.75) is 19.8 Å². The molecule has 1 heterocycles. The molecule has 0 saturated heterocycles. The molecule has 0 atom stereocenters. The van der Waals surface area contributed by atoms with E-state index in [1.807, 2.05) is 12.1 Å². The van der Waals surface area contributed by atoms with Crippen molar-refractivity contribution in [3.05, 3.63) is 23.8 Å². The fourth-order valence-corrected chi connectivity index (χ4v) is 1.72. The van der Waals surface area contributed by atoms with E-state index >= 15 is 0 Å². The van der Waals surface area contributed by atoms with Crippen LogP contribution in [0, 0.1) is 6.92 Å². The number of hydrogen-bond acceptors (Lipinski definition) is 3. The van der Waals surface area contributed by atoms with E-state index < -0.39 is 0 Å². The van der Waals surface area contributed by atoms with Gasteiger partial charge in [0.05, 0.1) is 12.8 Å². The average Bonchev–Trinajstić information content (AvgIpc) is 2.71. The molecule has 3 nitrogen and oxygen atoms in total. The van der Waals surface area contributed by atoms with Gasteiger partial charge in [0.15, 0.2) is 0 Å². The lowest BCUT2D eigenvalue weighted by Gasteiger charge is -2.11. The quantitative estimate of drug-likeness (QED) is 0.803. The summed E-state index contributed by atoms with van der Waals surface area (Å²) in [6, 6.07) is 6.10. The third kappa shape index (κ3) is 2.29. The van der Waals surface area contributed by atoms with Gasteiger partial charge in [0, 0.05) is 13.0 Å². The summed E-state index contributed by atoms with van der Waals surface area (Å²) in [5.41, 5.74) is 2.23. The highest BCUT2D eigenvalue weighted by atomic mass is 16.5. The standard InChI is InChI=1S/C12H16N2O/c1-9-5-6-11(15-2)10(8-9)14-12-4-3-7-13-12/h5-6,8H,3-4,7H2,1-2H3,(H,13,14). The van der Waals surface area contributed by atoms with E-state index in [-0.39, 0.29) is 0 Å². The maximum atomic E-state index is 5.29. The molecule has 0 fully saturated rings. The highest BCUT2D eigenvalue weighted by molar-refractivity contribution is 5.97. The lowest BCUT2D eigenvalue weighted by molar-refractivity contribution is 0.417. The van der Waals surface area contributed by atoms with Gasteiger partial charge in [-0.15, -0.1) is 0 Å². The van der Waals surface area contributed by atoms with Crippen LogP contribution in [0.3, 0.4) is 0 Å². The Bertz CT molecular complexity index is 385. The first-order valence-corrected chi connectivity index (χ1v) is 5.24. The molecule has 2 rings (SSSR count). The summed E-state index contributed by atoms with van der Waals surface area (Å²) < 4.78 is 5.29. The molecular weight excluding hydrogens is 188 g/mol. The van der Waals surface area contributed by atoms with Crippen LogP contribution in [-0.2, 0) is 0 Å². The van der Waals surface area contributed by atoms with Gasteiger partial charge in [0.1, 0.15) is 11.6 Å². The van der Waals surface area contributed by atoms with Crippen molar-refractivity contribution in [2.24, 2.45) is 4.99 Å². The Balaban J connectivity index is 2.21. The van der Waals surface area contributed by atoms with Gasteiger partial charge < -0.3 is 10.1 Å². The van der Waals surface area contributed by atoms with E-state index in [1.165, 1.54) is 5.56 Å². The number of anilines is 1. The summed E-state index contributed by atoms with van der Waals surface area (Å²) in [7, 11) is 1.69. The third-order valence-electron chi connectivity index (χ3n) is 2.51. The van der Waals surface area contributed by atoms with Crippen molar-refractivity contribution >= 4 is 11.5 Å². The van der Waals surface area contributed by atoms with E-state index in [9.17, 15) is 0 Å². The largest absolute Gasteiger partial charge is 0.495 e. The Kier molecular flexibility index (Phi) is 2.90. The lowest BCUT2D eigenvalue weighted by atomic mass is 10.2. The van der Waals surface area contributed by atoms with E-state index in [0.29, 0.717) is 0 Å². The molecule has 0 aromatic heterocycles. The normalized spacial score (nSPS) is 14.9. The van der Waals surface area contributed by atoms with Gasteiger partial charge in [-0.3, -0.25) is 4.99 Å². The molecule has 0 bridgehead atoms. The Labute approximate surface area is 90.2 Å². The zero-order valence-corrected chi connectivity index (χ0v) is 9.21. The summed E-state index contributed by atoms with van der Waals surface area (Å²) in [5.74, 6) is 1.94. The highest BCUT2D eigenvalue weighted by Gasteiger charge is 2.09. The predicted molar refractivity (Wildman–Crippen MR) is 62.9 cm³/mol. The van der Waals surface area contributed by atoms with Crippen molar-refractivity contribution in [3.63, 3.8) is 0 Å². The van der Waals surface area contributed by atoms with Crippen LogP contribution in [-0.4, -0.2) is 19.5 Å². The molecule has 0 amide bonds. The van der Waals surface area contributed by atoms with Crippen molar-refractivity contribution in [1.82, 2.24) is 0 Å². The number of ether oxygens (including phenoxy) is 1. The molecule has 80 valence electrons. The van der Waals surface area contributed by atoms with E-state index in [1.54, 1.807) is 7.11 Å². The number of nitrogens with one attached hydrogen (secondary N) is 1. The van der Waals surface area contributed by atoms with Gasteiger partial charge >= 0.3 is 0 Å². The molecule has 1 aromatic carbocycles. The van der Waals surface area contributed by atoms with Crippen molar-refractivity contribution < 1.29 is 4.74 Å². The second kappa shape index (κ2) is 4.34. The van der Waals surface area contributed by atoms with Gasteiger partial charge in [0.25, 0.3) is 0 Å². The first-order valence-electron chi connectivity index (χ1n) is 5.24. The van der Waals surface area contributed by atoms with Gasteiger partial charge in [-0.2, -0.15) is 0 Å². The maximum Gasteiger partial charge on any atom is 0.142 e. The molecule has 0 saturated carbocycles. The topological polar surface area (TPSA) is 33.6 Å². The number of methoxy groups -OCH3 is 1. The van der Waals surface area contributed by atoms with Gasteiger partial charge in [-0.05, 0) is 31.0 Å². The molecule has 3 heteroatoms. The lowest BCUT2D eigenvalue weighted by Crippen LogP contribution is -2.09. The fourth-order valence-electron chi connectivity index (χ4n) is 1.72. The molecule has 0 aliphatic carbocycles. The monoisotopic (exact) mass is 204 g/mol. The highest BCUT2D eigenvalue weighted by Crippen LogP contribution is 2.26. The first-order chi connectivity index (χ1) is 7.29. The first kappa shape index (κ1) is 10.0. The molecule has 1 N–H and O–H groups in total.